The number of anilines is 1. The second kappa shape index (κ2) is 6.11. The van der Waals surface area contributed by atoms with Crippen LogP contribution in [0, 0.1) is 0 Å². The van der Waals surface area contributed by atoms with Crippen molar-refractivity contribution in [1.82, 2.24) is 24.0 Å². The number of hydrogen-bond acceptors (Lipinski definition) is 6. The summed E-state index contributed by atoms with van der Waals surface area (Å²) >= 11 is 0. The van der Waals surface area contributed by atoms with Gasteiger partial charge in [-0.2, -0.15) is 4.98 Å². The van der Waals surface area contributed by atoms with E-state index in [0.29, 0.717) is 49.8 Å². The van der Waals surface area contributed by atoms with E-state index >= 15 is 0 Å². The van der Waals surface area contributed by atoms with E-state index in [-0.39, 0.29) is 12.5 Å². The van der Waals surface area contributed by atoms with Crippen molar-refractivity contribution in [2.75, 3.05) is 37.6 Å². The molecule has 24 heavy (non-hydrogen) atoms. The first-order valence-corrected chi connectivity index (χ1v) is 7.87. The number of amides is 1. The van der Waals surface area contributed by atoms with Crippen LogP contribution in [0.3, 0.4) is 0 Å². The van der Waals surface area contributed by atoms with Crippen molar-refractivity contribution in [3.05, 3.63) is 20.8 Å². The van der Waals surface area contributed by atoms with Gasteiger partial charge in [-0.25, -0.2) is 4.79 Å². The smallest absolute Gasteiger partial charge is 0.329 e. The van der Waals surface area contributed by atoms with Gasteiger partial charge in [0.25, 0.3) is 5.56 Å². The summed E-state index contributed by atoms with van der Waals surface area (Å²) in [7, 11) is 1.59. The zero-order valence-corrected chi connectivity index (χ0v) is 13.8. The predicted octanol–water partition coefficient (Wildman–Crippen LogP) is -1.95. The summed E-state index contributed by atoms with van der Waals surface area (Å²) in [5.74, 6) is 0.323. The molecule has 0 bridgehead atoms. The molecule has 1 saturated heterocycles. The van der Waals surface area contributed by atoms with Crippen LogP contribution in [-0.2, 0) is 18.4 Å². The summed E-state index contributed by atoms with van der Waals surface area (Å²) in [6.07, 6.45) is 0. The molecule has 0 aliphatic carbocycles. The van der Waals surface area contributed by atoms with Gasteiger partial charge in [0.1, 0.15) is 0 Å². The molecule has 0 saturated carbocycles. The van der Waals surface area contributed by atoms with Crippen LogP contribution in [-0.4, -0.2) is 62.6 Å². The van der Waals surface area contributed by atoms with Crippen molar-refractivity contribution in [3.63, 3.8) is 0 Å². The van der Waals surface area contributed by atoms with Crippen LogP contribution < -0.4 is 21.9 Å². The third kappa shape index (κ3) is 2.68. The first-order chi connectivity index (χ1) is 11.4. The second-order valence-corrected chi connectivity index (χ2v) is 5.88. The standard InChI is InChI=1S/C14H21N7O3/c1-3-21-10-11(18(2)14(24)17-12(10)23)16-13(21)20-6-4-19(5-7-20)8-9(15)22/h3-8H2,1-2H3,(H2,15,22)(H,17,23,24). The predicted molar refractivity (Wildman–Crippen MR) is 89.1 cm³/mol. The molecule has 0 unspecified atom stereocenters. The van der Waals surface area contributed by atoms with E-state index < -0.39 is 11.2 Å². The maximum atomic E-state index is 12.2. The van der Waals surface area contributed by atoms with Gasteiger partial charge in [-0.05, 0) is 6.92 Å². The number of aryl methyl sites for hydroxylation is 2. The number of carbonyl (C=O) groups is 1. The fourth-order valence-corrected chi connectivity index (χ4v) is 3.09. The Labute approximate surface area is 137 Å². The third-order valence-electron chi connectivity index (χ3n) is 4.34. The Kier molecular flexibility index (Phi) is 4.14. The zero-order valence-electron chi connectivity index (χ0n) is 13.8. The average Bonchev–Trinajstić information content (AvgIpc) is 2.93. The molecular weight excluding hydrogens is 314 g/mol. The largest absolute Gasteiger partial charge is 0.369 e. The molecule has 130 valence electrons. The Morgan fingerprint density at radius 2 is 1.92 bits per heavy atom. The Morgan fingerprint density at radius 3 is 2.50 bits per heavy atom. The number of piperazine rings is 1. The highest BCUT2D eigenvalue weighted by Gasteiger charge is 2.24. The highest BCUT2D eigenvalue weighted by Crippen LogP contribution is 2.20. The van der Waals surface area contributed by atoms with Crippen molar-refractivity contribution >= 4 is 23.0 Å². The number of imidazole rings is 1. The van der Waals surface area contributed by atoms with Crippen molar-refractivity contribution < 1.29 is 4.79 Å². The summed E-state index contributed by atoms with van der Waals surface area (Å²) in [5, 5.41) is 0. The molecule has 2 aromatic rings. The molecule has 1 amide bonds. The highest BCUT2D eigenvalue weighted by atomic mass is 16.2. The van der Waals surface area contributed by atoms with Crippen molar-refractivity contribution in [3.8, 4) is 0 Å². The minimum atomic E-state index is -0.480. The number of nitrogens with zero attached hydrogens (tertiary/aromatic N) is 5. The number of rotatable bonds is 4. The summed E-state index contributed by atoms with van der Waals surface area (Å²) in [5.41, 5.74) is 5.09. The number of hydrogen-bond donors (Lipinski definition) is 2. The number of primary amides is 1. The van der Waals surface area contributed by atoms with Crippen LogP contribution in [0.15, 0.2) is 9.59 Å². The van der Waals surface area contributed by atoms with Crippen LogP contribution in [0.2, 0.25) is 0 Å². The lowest BCUT2D eigenvalue weighted by molar-refractivity contribution is -0.119. The van der Waals surface area contributed by atoms with Crippen LogP contribution in [0.5, 0.6) is 0 Å². The average molecular weight is 335 g/mol. The number of fused-ring (bicyclic) bond motifs is 1. The van der Waals surface area contributed by atoms with Crippen LogP contribution in [0.25, 0.3) is 11.2 Å². The third-order valence-corrected chi connectivity index (χ3v) is 4.34. The molecule has 2 aromatic heterocycles. The number of nitrogens with one attached hydrogen (secondary N) is 1. The second-order valence-electron chi connectivity index (χ2n) is 5.88. The van der Waals surface area contributed by atoms with E-state index in [9.17, 15) is 14.4 Å². The van der Waals surface area contributed by atoms with E-state index in [1.165, 1.54) is 4.57 Å². The Morgan fingerprint density at radius 1 is 1.25 bits per heavy atom. The van der Waals surface area contributed by atoms with Gasteiger partial charge >= 0.3 is 5.69 Å². The molecule has 0 spiro atoms. The molecule has 1 aliphatic rings. The molecule has 3 rings (SSSR count). The number of nitrogens with two attached hydrogens (primary N) is 1. The topological polar surface area (TPSA) is 122 Å². The summed E-state index contributed by atoms with van der Waals surface area (Å²) in [4.78, 5) is 45.9. The van der Waals surface area contributed by atoms with Gasteiger partial charge in [-0.1, -0.05) is 0 Å². The summed E-state index contributed by atoms with van der Waals surface area (Å²) in [6.45, 7) is 5.44. The Balaban J connectivity index is 1.98. The van der Waals surface area contributed by atoms with Crippen molar-refractivity contribution in [2.24, 2.45) is 12.8 Å². The van der Waals surface area contributed by atoms with E-state index in [2.05, 4.69) is 14.9 Å². The molecule has 0 atom stereocenters. The van der Waals surface area contributed by atoms with E-state index in [1.54, 1.807) is 7.05 Å². The van der Waals surface area contributed by atoms with Gasteiger partial charge in [0, 0.05) is 39.8 Å². The monoisotopic (exact) mass is 335 g/mol. The normalized spacial score (nSPS) is 16.0. The Hall–Kier alpha value is -2.62. The molecule has 10 nitrogen and oxygen atoms in total. The maximum absolute atomic E-state index is 12.2. The highest BCUT2D eigenvalue weighted by molar-refractivity contribution is 5.76. The van der Waals surface area contributed by atoms with Crippen LogP contribution in [0.1, 0.15) is 6.92 Å². The SMILES string of the molecule is CCn1c(N2CCN(CC(N)=O)CC2)nc2c1c(=O)[nH]c(=O)n2C. The van der Waals surface area contributed by atoms with Gasteiger partial charge in [-0.3, -0.25) is 24.0 Å². The molecule has 3 heterocycles. The Bertz CT molecular complexity index is 886. The summed E-state index contributed by atoms with van der Waals surface area (Å²) < 4.78 is 3.16. The lowest BCUT2D eigenvalue weighted by Gasteiger charge is -2.34. The lowest BCUT2D eigenvalue weighted by atomic mass is 10.3. The molecule has 0 radical (unpaired) electrons. The van der Waals surface area contributed by atoms with E-state index in [1.807, 2.05) is 16.4 Å². The van der Waals surface area contributed by atoms with Gasteiger partial charge < -0.3 is 15.2 Å². The number of H-pyrrole nitrogens is 1. The van der Waals surface area contributed by atoms with Gasteiger partial charge in [-0.15, -0.1) is 0 Å². The van der Waals surface area contributed by atoms with E-state index in [0.717, 1.165) is 0 Å². The van der Waals surface area contributed by atoms with Gasteiger partial charge in [0.05, 0.1) is 6.54 Å². The minimum Gasteiger partial charge on any atom is -0.369 e. The molecule has 0 aromatic carbocycles. The maximum Gasteiger partial charge on any atom is 0.329 e. The fraction of sp³-hybridized carbons (Fsp3) is 0.571. The molecule has 3 N–H and O–H groups in total. The number of aromatic amines is 1. The molecule has 1 fully saturated rings. The summed E-state index contributed by atoms with van der Waals surface area (Å²) in [6, 6.07) is 0. The molecular formula is C14H21N7O3. The van der Waals surface area contributed by atoms with Gasteiger partial charge in [0.2, 0.25) is 11.9 Å². The molecule has 10 heteroatoms. The van der Waals surface area contributed by atoms with Gasteiger partial charge in [0.15, 0.2) is 11.2 Å². The fourth-order valence-electron chi connectivity index (χ4n) is 3.09. The first-order valence-electron chi connectivity index (χ1n) is 7.87. The first kappa shape index (κ1) is 16.2. The van der Waals surface area contributed by atoms with Crippen molar-refractivity contribution in [2.45, 2.75) is 13.5 Å². The number of aromatic nitrogens is 4. The zero-order chi connectivity index (χ0) is 17.4. The van der Waals surface area contributed by atoms with Crippen LogP contribution >= 0.6 is 0 Å². The quantitative estimate of drug-likeness (QED) is 0.670. The van der Waals surface area contributed by atoms with Crippen LogP contribution in [0.4, 0.5) is 5.95 Å². The minimum absolute atomic E-state index is 0.242. The van der Waals surface area contributed by atoms with Crippen molar-refractivity contribution in [1.29, 1.82) is 0 Å². The van der Waals surface area contributed by atoms with E-state index in [4.69, 9.17) is 5.73 Å². The number of carbonyl (C=O) groups excluding carboxylic acids is 1. The lowest BCUT2D eigenvalue weighted by Crippen LogP contribution is -2.49. The molecule has 1 aliphatic heterocycles.